The summed E-state index contributed by atoms with van der Waals surface area (Å²) in [6, 6.07) is 0. The van der Waals surface area contributed by atoms with E-state index in [1.54, 1.807) is 0 Å². The lowest BCUT2D eigenvalue weighted by atomic mass is 10.0. The van der Waals surface area contributed by atoms with Crippen LogP contribution in [0.4, 0.5) is 0 Å². The maximum atomic E-state index is 12.8. The Kier molecular flexibility index (Phi) is 45.4. The molecule has 0 saturated heterocycles. The van der Waals surface area contributed by atoms with Crippen molar-refractivity contribution in [2.45, 2.75) is 212 Å². The number of likely N-dealkylation sites (N-methyl/N-ethyl adjacent to an activating group) is 1. The minimum absolute atomic E-state index is 0.181. The van der Waals surface area contributed by atoms with Gasteiger partial charge in [0.15, 0.2) is 6.10 Å². The molecule has 0 saturated carbocycles. The van der Waals surface area contributed by atoms with Crippen LogP contribution in [0, 0.1) is 0 Å². The lowest BCUT2D eigenvalue weighted by Gasteiger charge is -2.25. The van der Waals surface area contributed by atoms with Gasteiger partial charge in [-0.15, -0.1) is 0 Å². The van der Waals surface area contributed by atoms with E-state index in [9.17, 15) is 19.5 Å². The molecule has 9 nitrogen and oxygen atoms in total. The van der Waals surface area contributed by atoms with Crippen molar-refractivity contribution >= 4 is 17.9 Å². The molecule has 0 aromatic rings. The Labute approximate surface area is 404 Å². The number of quaternary nitrogens is 1. The van der Waals surface area contributed by atoms with Gasteiger partial charge in [0.1, 0.15) is 13.2 Å². The third-order valence-electron chi connectivity index (χ3n) is 10.9. The molecule has 66 heavy (non-hydrogen) atoms. The zero-order valence-corrected chi connectivity index (χ0v) is 42.8. The van der Waals surface area contributed by atoms with Crippen molar-refractivity contribution < 1.29 is 42.9 Å². The first kappa shape index (κ1) is 62.5. The van der Waals surface area contributed by atoms with Crippen LogP contribution < -0.4 is 0 Å². The fourth-order valence-electron chi connectivity index (χ4n) is 6.82. The first-order chi connectivity index (χ1) is 32.1. The number of hydrogen-bond donors (Lipinski definition) is 1. The predicted octanol–water partition coefficient (Wildman–Crippen LogP) is 14.8. The Balaban J connectivity index is 4.29. The van der Waals surface area contributed by atoms with E-state index in [2.05, 4.69) is 98.9 Å². The van der Waals surface area contributed by atoms with Gasteiger partial charge in [-0.3, -0.25) is 9.59 Å². The maximum Gasteiger partial charge on any atom is 0.361 e. The van der Waals surface area contributed by atoms with Gasteiger partial charge in [-0.2, -0.15) is 0 Å². The molecule has 0 amide bonds. The van der Waals surface area contributed by atoms with Crippen LogP contribution in [0.15, 0.2) is 85.1 Å². The molecule has 9 heteroatoms. The average Bonchev–Trinajstić information content (AvgIpc) is 3.28. The molecule has 0 fully saturated rings. The van der Waals surface area contributed by atoms with Gasteiger partial charge in [-0.05, 0) is 83.5 Å². The van der Waals surface area contributed by atoms with E-state index in [4.69, 9.17) is 18.9 Å². The van der Waals surface area contributed by atoms with Gasteiger partial charge in [0.05, 0.1) is 34.4 Å². The smallest absolute Gasteiger partial charge is 0.361 e. The summed E-state index contributed by atoms with van der Waals surface area (Å²) in [6.45, 7) is 4.69. The molecule has 2 atom stereocenters. The van der Waals surface area contributed by atoms with Gasteiger partial charge in [0, 0.05) is 12.8 Å². The second-order valence-corrected chi connectivity index (χ2v) is 18.4. The van der Waals surface area contributed by atoms with Gasteiger partial charge < -0.3 is 28.5 Å². The number of carbonyl (C=O) groups excluding carboxylic acids is 2. The summed E-state index contributed by atoms with van der Waals surface area (Å²) in [6.07, 6.45) is 59.3. The quantitative estimate of drug-likeness (QED) is 0.0211. The van der Waals surface area contributed by atoms with Crippen LogP contribution in [0.25, 0.3) is 0 Å². The van der Waals surface area contributed by atoms with Crippen LogP contribution >= 0.6 is 0 Å². The van der Waals surface area contributed by atoms with Crippen LogP contribution in [-0.4, -0.2) is 87.4 Å². The lowest BCUT2D eigenvalue weighted by molar-refractivity contribution is -0.870. The van der Waals surface area contributed by atoms with Crippen molar-refractivity contribution in [1.82, 2.24) is 0 Å². The van der Waals surface area contributed by atoms with Crippen molar-refractivity contribution in [2.75, 3.05) is 47.5 Å². The number of allylic oxidation sites excluding steroid dienone is 14. The van der Waals surface area contributed by atoms with Gasteiger partial charge in [-0.1, -0.05) is 189 Å². The van der Waals surface area contributed by atoms with E-state index in [0.29, 0.717) is 17.4 Å². The monoisotopic (exact) mass is 925 g/mol. The number of nitrogens with zero attached hydrogens (tertiary/aromatic N) is 1. The molecule has 378 valence electrons. The molecule has 2 unspecified atom stereocenters. The molecule has 0 aromatic carbocycles. The summed E-state index contributed by atoms with van der Waals surface area (Å²) in [5.74, 6) is -2.04. The molecule has 0 aromatic heterocycles. The SMILES string of the molecule is CC/C=C\C/C=C\C/C=C\C/C=C\C/C=C\CCCCCCCCCCCCCC(=O)OC(COC(=O)CCCCCCC/C=C\C/C=C\CCCC)COC(OCC[N+](C)(C)C)C(=O)O. The lowest BCUT2D eigenvalue weighted by Crippen LogP contribution is -2.40. The average molecular weight is 925 g/mol. The van der Waals surface area contributed by atoms with Gasteiger partial charge in [-0.25, -0.2) is 4.79 Å². The number of unbranched alkanes of at least 4 members (excludes halogenated alkanes) is 18. The standard InChI is InChI=1S/C57H97NO8/c1-6-8-10-12-14-16-18-20-22-23-24-25-26-27-28-29-30-31-32-33-34-36-38-40-42-44-46-48-55(60)66-53(52-65-57(56(61)62)63-50-49-58(3,4)5)51-64-54(59)47-45-43-41-39-37-35-21-19-17-15-13-11-9-7-2/h8,10,13-16,19-22,24-25,27-28,53,57H,6-7,9,11-12,17-18,23,26,29-52H2,1-5H3/p+1/b10-8-,15-13-,16-14-,21-19-,22-20-,25-24-,28-27-. The largest absolute Gasteiger partial charge is 0.477 e. The summed E-state index contributed by atoms with van der Waals surface area (Å²) in [5, 5.41) is 9.67. The summed E-state index contributed by atoms with van der Waals surface area (Å²) in [4.78, 5) is 37.3. The van der Waals surface area contributed by atoms with E-state index in [1.165, 1.54) is 57.8 Å². The summed E-state index contributed by atoms with van der Waals surface area (Å²) in [5.41, 5.74) is 0. The highest BCUT2D eigenvalue weighted by Gasteiger charge is 2.25. The second-order valence-electron chi connectivity index (χ2n) is 18.4. The van der Waals surface area contributed by atoms with Crippen molar-refractivity contribution in [3.05, 3.63) is 85.1 Å². The molecule has 0 aliphatic carbocycles. The van der Waals surface area contributed by atoms with Crippen molar-refractivity contribution in [3.8, 4) is 0 Å². The minimum Gasteiger partial charge on any atom is -0.477 e. The zero-order chi connectivity index (χ0) is 48.4. The Hall–Kier alpha value is -3.53. The molecule has 0 aliphatic rings. The summed E-state index contributed by atoms with van der Waals surface area (Å²) < 4.78 is 22.8. The van der Waals surface area contributed by atoms with Crippen molar-refractivity contribution in [3.63, 3.8) is 0 Å². The van der Waals surface area contributed by atoms with E-state index in [1.807, 2.05) is 21.1 Å². The third kappa shape index (κ3) is 48.4. The fraction of sp³-hybridized carbons (Fsp3) is 0.702. The fourth-order valence-corrected chi connectivity index (χ4v) is 6.82. The molecule has 1 N–H and O–H groups in total. The topological polar surface area (TPSA) is 108 Å². The number of carboxylic acid groups (broad SMARTS) is 1. The highest BCUT2D eigenvalue weighted by atomic mass is 16.7. The number of hydrogen-bond acceptors (Lipinski definition) is 7. The number of rotatable bonds is 47. The Morgan fingerprint density at radius 3 is 1.29 bits per heavy atom. The van der Waals surface area contributed by atoms with Crippen LogP contribution in [0.5, 0.6) is 0 Å². The van der Waals surface area contributed by atoms with Gasteiger partial charge in [0.25, 0.3) is 6.29 Å². The second kappa shape index (κ2) is 47.9. The zero-order valence-electron chi connectivity index (χ0n) is 42.8. The van der Waals surface area contributed by atoms with E-state index >= 15 is 0 Å². The van der Waals surface area contributed by atoms with Gasteiger partial charge >= 0.3 is 17.9 Å². The highest BCUT2D eigenvalue weighted by Crippen LogP contribution is 2.15. The van der Waals surface area contributed by atoms with Crippen LogP contribution in [-0.2, 0) is 33.3 Å². The Morgan fingerprint density at radius 2 is 0.864 bits per heavy atom. The molecule has 0 bridgehead atoms. The molecule has 0 aliphatic heterocycles. The summed E-state index contributed by atoms with van der Waals surface area (Å²) >= 11 is 0. The normalized spacial score (nSPS) is 13.5. The van der Waals surface area contributed by atoms with Crippen molar-refractivity contribution in [1.29, 1.82) is 0 Å². The number of esters is 2. The highest BCUT2D eigenvalue weighted by molar-refractivity contribution is 5.71. The predicted molar refractivity (Wildman–Crippen MR) is 276 cm³/mol. The number of carbonyl (C=O) groups is 3. The van der Waals surface area contributed by atoms with E-state index < -0.39 is 24.3 Å². The van der Waals surface area contributed by atoms with Crippen LogP contribution in [0.3, 0.4) is 0 Å². The van der Waals surface area contributed by atoms with E-state index in [0.717, 1.165) is 109 Å². The molecular formula is C57H98NO8+. The summed E-state index contributed by atoms with van der Waals surface area (Å²) in [7, 11) is 5.95. The number of carboxylic acids is 1. The molecular weight excluding hydrogens is 827 g/mol. The Morgan fingerprint density at radius 1 is 0.470 bits per heavy atom. The number of aliphatic carboxylic acids is 1. The molecule has 0 rings (SSSR count). The third-order valence-corrected chi connectivity index (χ3v) is 10.9. The molecule has 0 spiro atoms. The van der Waals surface area contributed by atoms with Crippen LogP contribution in [0.1, 0.15) is 200 Å². The van der Waals surface area contributed by atoms with Crippen LogP contribution in [0.2, 0.25) is 0 Å². The first-order valence-electron chi connectivity index (χ1n) is 26.3. The minimum atomic E-state index is -1.52. The molecule has 0 heterocycles. The van der Waals surface area contributed by atoms with Crippen molar-refractivity contribution in [2.24, 2.45) is 0 Å². The maximum absolute atomic E-state index is 12.8. The van der Waals surface area contributed by atoms with E-state index in [-0.39, 0.29) is 38.6 Å². The first-order valence-corrected chi connectivity index (χ1v) is 26.3. The molecule has 0 radical (unpaired) electrons. The van der Waals surface area contributed by atoms with Gasteiger partial charge in [0.2, 0.25) is 0 Å². The number of ether oxygens (including phenoxy) is 4. The Bertz CT molecular complexity index is 1350.